The van der Waals surface area contributed by atoms with Gasteiger partial charge in [-0.1, -0.05) is 24.3 Å². The Morgan fingerprint density at radius 2 is 1.70 bits per heavy atom. The van der Waals surface area contributed by atoms with Gasteiger partial charge in [-0.25, -0.2) is 0 Å². The second-order valence-corrected chi connectivity index (χ2v) is 7.13. The molecule has 140 valence electrons. The molecular formula is C20H21N3O4. The summed E-state index contributed by atoms with van der Waals surface area (Å²) in [5.74, 6) is -1.64. The summed E-state index contributed by atoms with van der Waals surface area (Å²) in [5.41, 5.74) is 1.15. The Morgan fingerprint density at radius 1 is 1.04 bits per heavy atom. The van der Waals surface area contributed by atoms with Crippen LogP contribution in [0.3, 0.4) is 0 Å². The maximum absolute atomic E-state index is 12.5. The molecule has 7 nitrogen and oxygen atoms in total. The monoisotopic (exact) mass is 367 g/mol. The number of allylic oxidation sites excluding steroid dienone is 2. The fourth-order valence-electron chi connectivity index (χ4n) is 4.08. The molecule has 0 saturated carbocycles. The molecule has 1 aromatic carbocycles. The predicted octanol–water partition coefficient (Wildman–Crippen LogP) is 1.70. The molecule has 1 aliphatic carbocycles. The molecule has 0 radical (unpaired) electrons. The largest absolute Gasteiger partial charge is 0.323 e. The third-order valence-corrected chi connectivity index (χ3v) is 5.44. The van der Waals surface area contributed by atoms with Gasteiger partial charge in [-0.3, -0.25) is 24.1 Å². The van der Waals surface area contributed by atoms with E-state index in [-0.39, 0.29) is 36.1 Å². The molecule has 27 heavy (non-hydrogen) atoms. The molecule has 1 aromatic rings. The molecule has 4 amide bonds. The van der Waals surface area contributed by atoms with E-state index in [9.17, 15) is 19.2 Å². The molecule has 0 bridgehead atoms. The van der Waals surface area contributed by atoms with E-state index >= 15 is 0 Å². The molecule has 2 heterocycles. The molecular weight excluding hydrogens is 346 g/mol. The Labute approximate surface area is 157 Å². The van der Waals surface area contributed by atoms with Crippen LogP contribution >= 0.6 is 0 Å². The van der Waals surface area contributed by atoms with E-state index < -0.39 is 5.91 Å². The van der Waals surface area contributed by atoms with Crippen molar-refractivity contribution in [3.8, 4) is 0 Å². The summed E-state index contributed by atoms with van der Waals surface area (Å²) in [6.07, 6.45) is 6.21. The summed E-state index contributed by atoms with van der Waals surface area (Å²) in [5, 5.41) is 2.76. The number of para-hydroxylation sites is 2. The second-order valence-electron chi connectivity index (χ2n) is 7.13. The summed E-state index contributed by atoms with van der Waals surface area (Å²) in [6, 6.07) is 7.08. The number of hydrogen-bond acceptors (Lipinski definition) is 4. The zero-order valence-corrected chi connectivity index (χ0v) is 14.9. The highest BCUT2D eigenvalue weighted by atomic mass is 16.2. The molecule has 2 saturated heterocycles. The van der Waals surface area contributed by atoms with Crippen LogP contribution in [-0.2, 0) is 19.2 Å². The predicted molar refractivity (Wildman–Crippen MR) is 98.7 cm³/mol. The van der Waals surface area contributed by atoms with Crippen LogP contribution in [-0.4, -0.2) is 41.6 Å². The van der Waals surface area contributed by atoms with E-state index in [1.165, 1.54) is 0 Å². The zero-order valence-electron chi connectivity index (χ0n) is 14.9. The number of rotatable bonds is 4. The van der Waals surface area contributed by atoms with Crippen LogP contribution in [0.4, 0.5) is 11.4 Å². The Balaban J connectivity index is 1.47. The van der Waals surface area contributed by atoms with E-state index in [4.69, 9.17) is 0 Å². The van der Waals surface area contributed by atoms with E-state index in [0.29, 0.717) is 37.2 Å². The molecule has 2 atom stereocenters. The highest BCUT2D eigenvalue weighted by Gasteiger charge is 2.47. The van der Waals surface area contributed by atoms with Crippen LogP contribution in [0.5, 0.6) is 0 Å². The third kappa shape index (κ3) is 3.13. The van der Waals surface area contributed by atoms with Crippen molar-refractivity contribution in [2.24, 2.45) is 11.8 Å². The quantitative estimate of drug-likeness (QED) is 0.648. The summed E-state index contributed by atoms with van der Waals surface area (Å²) < 4.78 is 0. The van der Waals surface area contributed by atoms with Gasteiger partial charge in [-0.15, -0.1) is 0 Å². The first-order chi connectivity index (χ1) is 13.1. The first-order valence-electron chi connectivity index (χ1n) is 9.25. The summed E-state index contributed by atoms with van der Waals surface area (Å²) in [6.45, 7) is 0.318. The van der Waals surface area contributed by atoms with Gasteiger partial charge in [0.25, 0.3) is 0 Å². The number of nitrogens with one attached hydrogen (secondary N) is 1. The van der Waals surface area contributed by atoms with Gasteiger partial charge >= 0.3 is 0 Å². The van der Waals surface area contributed by atoms with Gasteiger partial charge in [0, 0.05) is 13.0 Å². The van der Waals surface area contributed by atoms with Crippen molar-refractivity contribution >= 4 is 35.0 Å². The van der Waals surface area contributed by atoms with E-state index in [0.717, 1.165) is 11.3 Å². The molecule has 0 spiro atoms. The molecule has 0 aromatic heterocycles. The fourth-order valence-corrected chi connectivity index (χ4v) is 4.08. The van der Waals surface area contributed by atoms with Crippen LogP contribution in [0.2, 0.25) is 0 Å². The van der Waals surface area contributed by atoms with E-state index in [1.54, 1.807) is 23.1 Å². The Morgan fingerprint density at radius 3 is 2.33 bits per heavy atom. The first kappa shape index (κ1) is 17.5. The lowest BCUT2D eigenvalue weighted by Gasteiger charge is -2.21. The van der Waals surface area contributed by atoms with Crippen LogP contribution < -0.4 is 10.2 Å². The number of likely N-dealkylation sites (tertiary alicyclic amines) is 1. The number of carbonyl (C=O) groups excluding carboxylic acids is 4. The van der Waals surface area contributed by atoms with Gasteiger partial charge in [-0.2, -0.15) is 0 Å². The summed E-state index contributed by atoms with van der Waals surface area (Å²) in [4.78, 5) is 52.3. The Bertz CT molecular complexity index is 821. The molecule has 3 aliphatic rings. The smallest absolute Gasteiger partial charge is 0.244 e. The zero-order chi connectivity index (χ0) is 19.0. The fraction of sp³-hybridized carbons (Fsp3) is 0.400. The molecule has 1 N–H and O–H groups in total. The number of anilines is 2. The Hall–Kier alpha value is -2.96. The number of nitrogens with zero attached hydrogens (tertiary/aromatic N) is 2. The normalized spacial score (nSPS) is 24.5. The van der Waals surface area contributed by atoms with Crippen molar-refractivity contribution in [2.45, 2.75) is 25.7 Å². The van der Waals surface area contributed by atoms with Crippen molar-refractivity contribution in [3.05, 3.63) is 36.4 Å². The maximum atomic E-state index is 12.5. The molecule has 4 rings (SSSR count). The lowest BCUT2D eigenvalue weighted by molar-refractivity contribution is -0.142. The van der Waals surface area contributed by atoms with Crippen molar-refractivity contribution in [3.63, 3.8) is 0 Å². The first-order valence-corrected chi connectivity index (χ1v) is 9.25. The number of carbonyl (C=O) groups is 4. The standard InChI is InChI=1S/C20H21N3O4/c24-17(12-23-19(26)13-6-1-2-7-14(13)20(23)27)21-15-8-3-4-9-16(15)22-11-5-10-18(22)25/h1-4,8-9,13-14H,5-7,10-12H2,(H,21,24). The summed E-state index contributed by atoms with van der Waals surface area (Å²) in [7, 11) is 0. The molecule has 7 heteroatoms. The average molecular weight is 367 g/mol. The van der Waals surface area contributed by atoms with E-state index in [2.05, 4.69) is 5.32 Å². The van der Waals surface area contributed by atoms with Crippen molar-refractivity contribution in [2.75, 3.05) is 23.3 Å². The number of amides is 4. The minimum atomic E-state index is -0.442. The minimum absolute atomic E-state index is 0.0261. The van der Waals surface area contributed by atoms with Crippen molar-refractivity contribution in [1.82, 2.24) is 4.90 Å². The number of benzene rings is 1. The number of hydrogen-bond donors (Lipinski definition) is 1. The van der Waals surface area contributed by atoms with Crippen LogP contribution in [0.15, 0.2) is 36.4 Å². The topological polar surface area (TPSA) is 86.8 Å². The molecule has 2 aliphatic heterocycles. The molecule has 2 fully saturated rings. The van der Waals surface area contributed by atoms with Crippen molar-refractivity contribution < 1.29 is 19.2 Å². The van der Waals surface area contributed by atoms with Crippen LogP contribution in [0, 0.1) is 11.8 Å². The highest BCUT2D eigenvalue weighted by molar-refractivity contribution is 6.09. The SMILES string of the molecule is O=C(CN1C(=O)C2CC=CCC2C1=O)Nc1ccccc1N1CCCC1=O. The van der Waals surface area contributed by atoms with Crippen LogP contribution in [0.1, 0.15) is 25.7 Å². The number of fused-ring (bicyclic) bond motifs is 1. The second kappa shape index (κ2) is 6.98. The Kier molecular flexibility index (Phi) is 4.51. The minimum Gasteiger partial charge on any atom is -0.323 e. The lowest BCUT2D eigenvalue weighted by Crippen LogP contribution is -2.38. The highest BCUT2D eigenvalue weighted by Crippen LogP contribution is 2.35. The number of imide groups is 1. The van der Waals surface area contributed by atoms with Gasteiger partial charge in [0.15, 0.2) is 0 Å². The van der Waals surface area contributed by atoms with Crippen molar-refractivity contribution in [1.29, 1.82) is 0 Å². The summed E-state index contributed by atoms with van der Waals surface area (Å²) >= 11 is 0. The lowest BCUT2D eigenvalue weighted by atomic mass is 9.85. The van der Waals surface area contributed by atoms with E-state index in [1.807, 2.05) is 18.2 Å². The third-order valence-electron chi connectivity index (χ3n) is 5.44. The van der Waals surface area contributed by atoms with Gasteiger partial charge < -0.3 is 10.2 Å². The average Bonchev–Trinajstić information content (AvgIpc) is 3.20. The van der Waals surface area contributed by atoms with Gasteiger partial charge in [-0.05, 0) is 31.4 Å². The van der Waals surface area contributed by atoms with Gasteiger partial charge in [0.1, 0.15) is 6.54 Å². The van der Waals surface area contributed by atoms with Crippen LogP contribution in [0.25, 0.3) is 0 Å². The van der Waals surface area contributed by atoms with Gasteiger partial charge in [0.05, 0.1) is 23.2 Å². The maximum Gasteiger partial charge on any atom is 0.244 e. The van der Waals surface area contributed by atoms with Gasteiger partial charge in [0.2, 0.25) is 23.6 Å². The molecule has 2 unspecified atom stereocenters.